The zero-order valence-corrected chi connectivity index (χ0v) is 8.22. The molecule has 0 aromatic carbocycles. The Bertz CT molecular complexity index is 30.0. The molecule has 0 fully saturated rings. The molecule has 0 aromatic rings. The molecule has 0 N–H and O–H groups in total. The maximum atomic E-state index is 5.43. The predicted molar refractivity (Wildman–Crippen MR) is 38.4 cm³/mol. The van der Waals surface area contributed by atoms with E-state index in [-0.39, 0.29) is 21.8 Å². The van der Waals surface area contributed by atoms with Crippen LogP contribution >= 0.6 is 34.3 Å². The van der Waals surface area contributed by atoms with E-state index in [1.807, 2.05) is 0 Å². The van der Waals surface area contributed by atoms with Crippen molar-refractivity contribution in [2.45, 2.75) is 4.46 Å². The Morgan fingerprint density at radius 3 is 1.83 bits per heavy atom. The van der Waals surface area contributed by atoms with Gasteiger partial charge in [-0.25, -0.2) is 0 Å². The van der Waals surface area contributed by atoms with E-state index in [4.69, 9.17) is 34.3 Å². The van der Waals surface area contributed by atoms with Crippen LogP contribution in [0.2, 0.25) is 0 Å². The van der Waals surface area contributed by atoms with Crippen molar-refractivity contribution in [3.63, 3.8) is 0 Å². The minimum absolute atomic E-state index is 0.0887. The van der Waals surface area contributed by atoms with Crippen LogP contribution in [-0.4, -0.2) is 21.8 Å². The normalized spacial score (nSPS) is 14.0. The number of halogens is 3. The van der Waals surface area contributed by atoms with Crippen LogP contribution in [0.1, 0.15) is 0 Å². The number of rotatable bonds is 2. The summed E-state index contributed by atoms with van der Waals surface area (Å²) in [5.41, 5.74) is 0. The van der Waals surface area contributed by atoms with Crippen molar-refractivity contribution in [1.29, 1.82) is 0 Å². The van der Waals surface area contributed by atoms with Crippen LogP contribution in [0.25, 0.3) is 0 Å². The van der Waals surface area contributed by atoms with Gasteiger partial charge in [-0.2, -0.15) is 11.1 Å². The molecule has 0 radical (unpaired) electrons. The highest BCUT2D eigenvalue weighted by Crippen LogP contribution is 1.96. The van der Waals surface area contributed by atoms with E-state index in [9.17, 15) is 0 Å². The molecule has 38 valence electrons. The van der Waals surface area contributed by atoms with Crippen LogP contribution in [-0.2, 0) is 0 Å². The third kappa shape index (κ3) is 5.30. The molecule has 0 aliphatic rings. The first-order chi connectivity index (χ1) is 2.77. The van der Waals surface area contributed by atoms with Gasteiger partial charge in [0.15, 0.2) is 0 Å². The van der Waals surface area contributed by atoms with E-state index in [1.165, 1.54) is 0 Å². The van der Waals surface area contributed by atoms with Gasteiger partial charge in [-0.1, -0.05) is 0 Å². The van der Waals surface area contributed by atoms with Crippen molar-refractivity contribution in [3.05, 3.63) is 0 Å². The van der Waals surface area contributed by atoms with Gasteiger partial charge in [-0.3, -0.25) is 0 Å². The van der Waals surface area contributed by atoms with Gasteiger partial charge in [0.1, 0.15) is 8.35 Å². The molecule has 0 unspecified atom stereocenters. The topological polar surface area (TPSA) is 0 Å². The molecule has 0 heterocycles. The first kappa shape index (κ1) is 7.30. The lowest BCUT2D eigenvalue weighted by molar-refractivity contribution is 1.94. The van der Waals surface area contributed by atoms with Crippen molar-refractivity contribution in [2.24, 2.45) is 0 Å². The zero-order chi connectivity index (χ0) is 4.99. The van der Waals surface area contributed by atoms with Gasteiger partial charge >= 0.3 is 0 Å². The maximum absolute atomic E-state index is 5.43. The predicted octanol–water partition coefficient (Wildman–Crippen LogP) is 0.154. The molecular weight excluding hydrogens is 175 g/mol. The summed E-state index contributed by atoms with van der Waals surface area (Å²) in [6.07, 6.45) is 0. The Kier molecular flexibility index (Phi) is 5.43. The van der Waals surface area contributed by atoms with Crippen molar-refractivity contribution >= 4 is 51.7 Å². The van der Waals surface area contributed by atoms with Gasteiger partial charge in [0.05, 0.1) is 13.5 Å². The molecule has 5 heteroatoms. The molecule has 0 aromatic heterocycles. The van der Waals surface area contributed by atoms with E-state index < -0.39 is 0 Å². The molecule has 0 saturated carbocycles. The van der Waals surface area contributed by atoms with Gasteiger partial charge in [0.25, 0.3) is 0 Å². The number of hydrogen-bond acceptors (Lipinski definition) is 0. The lowest BCUT2D eigenvalue weighted by atomic mass is 11.9. The number of alkyl halides is 2. The second-order valence-electron chi connectivity index (χ2n) is 0.869. The summed E-state index contributed by atoms with van der Waals surface area (Å²) in [5, 5.41) is 0. The van der Waals surface area contributed by atoms with E-state index in [2.05, 4.69) is 0 Å². The van der Waals surface area contributed by atoms with Crippen LogP contribution in [0.15, 0.2) is 0 Å². The average Bonchev–Trinajstić information content (AvgIpc) is 1.35. The second-order valence-corrected chi connectivity index (χ2v) is 11.2. The first-order valence-electron chi connectivity index (χ1n) is 1.61. The molecule has 0 nitrogen and oxygen atoms in total. The van der Waals surface area contributed by atoms with Crippen molar-refractivity contribution in [3.8, 4) is 0 Å². The highest BCUT2D eigenvalue weighted by atomic mass is 35.6. The van der Waals surface area contributed by atoms with Crippen molar-refractivity contribution in [1.82, 2.24) is 0 Å². The highest BCUT2D eigenvalue weighted by Gasteiger charge is 1.94. The van der Waals surface area contributed by atoms with E-state index >= 15 is 0 Å². The fourth-order valence-corrected chi connectivity index (χ4v) is 6.68. The minimum Gasteiger partial charge on any atom is -0.180 e. The lowest BCUT2D eigenvalue weighted by Gasteiger charge is -1.87. The molecule has 0 rings (SSSR count). The third-order valence-electron chi connectivity index (χ3n) is 0.327. The Labute approximate surface area is 56.3 Å². The zero-order valence-electron chi connectivity index (χ0n) is 3.13. The molecule has 0 aliphatic carbocycles. The van der Waals surface area contributed by atoms with Crippen molar-refractivity contribution < 1.29 is 0 Å². The van der Waals surface area contributed by atoms with E-state index in [0.717, 1.165) is 0 Å². The fourth-order valence-electron chi connectivity index (χ4n) is 0.0825. The molecular formula is CH5Cl3Si2. The summed E-state index contributed by atoms with van der Waals surface area (Å²) < 4.78 is -0.0887. The minimum atomic E-state index is -0.286. The van der Waals surface area contributed by atoms with Crippen LogP contribution < -0.4 is 0 Å². The van der Waals surface area contributed by atoms with Gasteiger partial charge in [0, 0.05) is 0 Å². The summed E-state index contributed by atoms with van der Waals surface area (Å²) >= 11 is 16.1. The van der Waals surface area contributed by atoms with Gasteiger partial charge < -0.3 is 0 Å². The summed E-state index contributed by atoms with van der Waals surface area (Å²) in [4.78, 5) is 0. The molecule has 0 bridgehead atoms. The van der Waals surface area contributed by atoms with Crippen LogP contribution in [0.3, 0.4) is 0 Å². The third-order valence-corrected chi connectivity index (χ3v) is 8.84. The Balaban J connectivity index is 2.63. The molecule has 0 aliphatic heterocycles. The quantitative estimate of drug-likeness (QED) is 0.322. The molecule has 6 heavy (non-hydrogen) atoms. The monoisotopic (exact) mass is 178 g/mol. The maximum Gasteiger partial charge on any atom is 0.113 e. The summed E-state index contributed by atoms with van der Waals surface area (Å²) in [7, 11) is -0.495. The molecule has 0 saturated heterocycles. The second kappa shape index (κ2) is 4.46. The highest BCUT2D eigenvalue weighted by molar-refractivity contribution is 7.28. The standard InChI is InChI=1S/CH5Cl3Si2/c2-1(3)5-6-4/h1H,5-6H2. The Morgan fingerprint density at radius 1 is 1.33 bits per heavy atom. The fraction of sp³-hybridized carbons (Fsp3) is 1.00. The van der Waals surface area contributed by atoms with Gasteiger partial charge in [-0.15, -0.1) is 23.2 Å². The Hall–Kier alpha value is 1.30. The molecule has 0 amide bonds. The average molecular weight is 180 g/mol. The van der Waals surface area contributed by atoms with E-state index in [1.54, 1.807) is 0 Å². The summed E-state index contributed by atoms with van der Waals surface area (Å²) in [5.74, 6) is 0. The smallest absolute Gasteiger partial charge is 0.113 e. The van der Waals surface area contributed by atoms with Gasteiger partial charge in [-0.05, 0) is 0 Å². The molecule has 0 spiro atoms. The van der Waals surface area contributed by atoms with Crippen molar-refractivity contribution in [2.75, 3.05) is 0 Å². The lowest BCUT2D eigenvalue weighted by Crippen LogP contribution is -2.05. The van der Waals surface area contributed by atoms with Crippen LogP contribution in [0.4, 0.5) is 0 Å². The summed E-state index contributed by atoms with van der Waals surface area (Å²) in [6, 6.07) is 0. The summed E-state index contributed by atoms with van der Waals surface area (Å²) in [6.45, 7) is 0. The van der Waals surface area contributed by atoms with E-state index in [0.29, 0.717) is 0 Å². The van der Waals surface area contributed by atoms with Crippen LogP contribution in [0.5, 0.6) is 0 Å². The SMILES string of the molecule is Cl[SiH2][SiH2]C(Cl)Cl. The Morgan fingerprint density at radius 2 is 1.83 bits per heavy atom. The largest absolute Gasteiger partial charge is 0.180 e. The van der Waals surface area contributed by atoms with Gasteiger partial charge in [0.2, 0.25) is 0 Å². The first-order valence-corrected chi connectivity index (χ1v) is 9.44. The van der Waals surface area contributed by atoms with Crippen LogP contribution in [0, 0.1) is 0 Å². The number of hydrogen-bond donors (Lipinski definition) is 0. The molecule has 0 atom stereocenters.